The minimum atomic E-state index is -3.93. The summed E-state index contributed by atoms with van der Waals surface area (Å²) in [5.74, 6) is 0.167. The van der Waals surface area contributed by atoms with Crippen molar-refractivity contribution < 1.29 is 32.4 Å². The fourth-order valence-corrected chi connectivity index (χ4v) is 4.78. The van der Waals surface area contributed by atoms with Gasteiger partial charge in [0.25, 0.3) is 11.6 Å². The Morgan fingerprint density at radius 3 is 2.36 bits per heavy atom. The van der Waals surface area contributed by atoms with Gasteiger partial charge in [0.2, 0.25) is 10.0 Å². The second-order valence-corrected chi connectivity index (χ2v) is 9.19. The second-order valence-electron chi connectivity index (χ2n) is 7.25. The molecule has 3 rings (SSSR count). The van der Waals surface area contributed by atoms with Crippen LogP contribution in [-0.2, 0) is 14.8 Å². The third-order valence-corrected chi connectivity index (χ3v) is 7.07. The van der Waals surface area contributed by atoms with Crippen molar-refractivity contribution in [3.05, 3.63) is 58.1 Å². The third-order valence-electron chi connectivity index (χ3n) is 5.18. The number of piperazine rings is 1. The van der Waals surface area contributed by atoms with Crippen LogP contribution in [-0.4, -0.2) is 74.1 Å². The van der Waals surface area contributed by atoms with Gasteiger partial charge in [0.05, 0.1) is 16.9 Å². The van der Waals surface area contributed by atoms with Crippen LogP contribution in [0.25, 0.3) is 0 Å². The zero-order valence-corrected chi connectivity index (χ0v) is 18.9. The van der Waals surface area contributed by atoms with Gasteiger partial charge in [-0.3, -0.25) is 19.7 Å². The van der Waals surface area contributed by atoms with Crippen LogP contribution in [0.15, 0.2) is 47.4 Å². The lowest BCUT2D eigenvalue weighted by molar-refractivity contribution is -0.385. The maximum absolute atomic E-state index is 12.8. The molecule has 0 saturated carbocycles. The number of amides is 1. The Morgan fingerprint density at radius 2 is 1.76 bits per heavy atom. The van der Waals surface area contributed by atoms with E-state index in [0.717, 1.165) is 6.07 Å². The van der Waals surface area contributed by atoms with E-state index in [2.05, 4.69) is 0 Å². The molecule has 176 valence electrons. The maximum Gasteiger partial charge on any atom is 0.270 e. The number of carbonyl (C=O) groups is 2. The van der Waals surface area contributed by atoms with Gasteiger partial charge in [-0.05, 0) is 31.2 Å². The van der Waals surface area contributed by atoms with E-state index in [1.54, 1.807) is 12.1 Å². The lowest BCUT2D eigenvalue weighted by Gasteiger charge is -2.34. The van der Waals surface area contributed by atoms with Crippen molar-refractivity contribution in [3.8, 4) is 11.5 Å². The maximum atomic E-state index is 12.8. The number of hydrogen-bond donors (Lipinski definition) is 0. The molecular formula is C21H23N3O8S. The molecule has 1 fully saturated rings. The van der Waals surface area contributed by atoms with Gasteiger partial charge in [0.1, 0.15) is 0 Å². The zero-order valence-electron chi connectivity index (χ0n) is 18.1. The molecule has 1 saturated heterocycles. The van der Waals surface area contributed by atoms with Gasteiger partial charge in [0, 0.05) is 43.9 Å². The highest BCUT2D eigenvalue weighted by Crippen LogP contribution is 2.28. The van der Waals surface area contributed by atoms with Gasteiger partial charge in [-0.25, -0.2) is 8.42 Å². The molecule has 1 heterocycles. The van der Waals surface area contributed by atoms with E-state index >= 15 is 0 Å². The summed E-state index contributed by atoms with van der Waals surface area (Å²) >= 11 is 0. The smallest absolute Gasteiger partial charge is 0.270 e. The highest BCUT2D eigenvalue weighted by Gasteiger charge is 2.31. The lowest BCUT2D eigenvalue weighted by Crippen LogP contribution is -2.51. The van der Waals surface area contributed by atoms with Gasteiger partial charge in [-0.15, -0.1) is 0 Å². The van der Waals surface area contributed by atoms with E-state index in [0.29, 0.717) is 17.1 Å². The summed E-state index contributed by atoms with van der Waals surface area (Å²) in [5, 5.41) is 10.9. The summed E-state index contributed by atoms with van der Waals surface area (Å²) in [7, 11) is -2.50. The SMILES string of the molecule is COc1cc(C(C)=O)ccc1OCC(=O)N1CCN(S(=O)(=O)c2cccc([N+](=O)[O-])c2)CC1. The van der Waals surface area contributed by atoms with E-state index < -0.39 is 14.9 Å². The van der Waals surface area contributed by atoms with Crippen LogP contribution in [0.2, 0.25) is 0 Å². The van der Waals surface area contributed by atoms with E-state index in [1.165, 1.54) is 47.5 Å². The lowest BCUT2D eigenvalue weighted by atomic mass is 10.1. The first-order valence-corrected chi connectivity index (χ1v) is 11.4. The minimum Gasteiger partial charge on any atom is -0.493 e. The Kier molecular flexibility index (Phi) is 7.29. The number of nitro benzene ring substituents is 1. The Labute approximate surface area is 190 Å². The summed E-state index contributed by atoms with van der Waals surface area (Å²) in [6.07, 6.45) is 0. The van der Waals surface area contributed by atoms with Gasteiger partial charge in [0.15, 0.2) is 23.9 Å². The highest BCUT2D eigenvalue weighted by molar-refractivity contribution is 7.89. The monoisotopic (exact) mass is 477 g/mol. The topological polar surface area (TPSA) is 136 Å². The highest BCUT2D eigenvalue weighted by atomic mass is 32.2. The van der Waals surface area contributed by atoms with Crippen molar-refractivity contribution in [3.63, 3.8) is 0 Å². The molecule has 0 aliphatic carbocycles. The van der Waals surface area contributed by atoms with E-state index in [9.17, 15) is 28.1 Å². The van der Waals surface area contributed by atoms with Crippen LogP contribution in [0.1, 0.15) is 17.3 Å². The molecule has 12 heteroatoms. The first-order chi connectivity index (χ1) is 15.6. The van der Waals surface area contributed by atoms with E-state index in [1.807, 2.05) is 0 Å². The molecule has 0 atom stereocenters. The molecule has 2 aromatic rings. The molecule has 33 heavy (non-hydrogen) atoms. The van der Waals surface area contributed by atoms with Crippen LogP contribution in [0, 0.1) is 10.1 Å². The summed E-state index contributed by atoms with van der Waals surface area (Å²) < 4.78 is 37.6. The molecule has 0 spiro atoms. The standard InChI is InChI=1S/C21H23N3O8S/c1-15(25)16-6-7-19(20(12-16)31-2)32-14-21(26)22-8-10-23(11-9-22)33(29,30)18-5-3-4-17(13-18)24(27)28/h3-7,12-13H,8-11,14H2,1-2H3. The third kappa shape index (κ3) is 5.46. The van der Waals surface area contributed by atoms with E-state index in [4.69, 9.17) is 9.47 Å². The van der Waals surface area contributed by atoms with Crippen LogP contribution in [0.3, 0.4) is 0 Å². The molecule has 2 aromatic carbocycles. The number of benzene rings is 2. The Bertz CT molecular complexity index is 1170. The molecule has 1 aliphatic rings. The second kappa shape index (κ2) is 9.96. The number of rotatable bonds is 8. The summed E-state index contributed by atoms with van der Waals surface area (Å²) in [4.78, 5) is 35.7. The number of nitrogens with zero attached hydrogens (tertiary/aromatic N) is 3. The van der Waals surface area contributed by atoms with Crippen LogP contribution >= 0.6 is 0 Å². The molecule has 0 aromatic heterocycles. The van der Waals surface area contributed by atoms with Gasteiger partial charge < -0.3 is 14.4 Å². The van der Waals surface area contributed by atoms with Crippen molar-refractivity contribution in [2.75, 3.05) is 39.9 Å². The Hall–Kier alpha value is -3.51. The Morgan fingerprint density at radius 1 is 1.06 bits per heavy atom. The molecule has 0 N–H and O–H groups in total. The van der Waals surface area contributed by atoms with Gasteiger partial charge in [-0.2, -0.15) is 4.31 Å². The molecular weight excluding hydrogens is 454 g/mol. The number of nitro groups is 1. The number of methoxy groups -OCH3 is 1. The first-order valence-electron chi connectivity index (χ1n) is 9.97. The molecule has 0 radical (unpaired) electrons. The quantitative estimate of drug-likeness (QED) is 0.318. The summed E-state index contributed by atoms with van der Waals surface area (Å²) in [6, 6.07) is 9.51. The number of Topliss-reactive ketones (excluding diaryl/α,β-unsaturated/α-hetero) is 1. The molecule has 1 amide bonds. The zero-order chi connectivity index (χ0) is 24.2. The summed E-state index contributed by atoms with van der Waals surface area (Å²) in [5.41, 5.74) is 0.139. The average Bonchev–Trinajstić information content (AvgIpc) is 2.82. The van der Waals surface area contributed by atoms with Gasteiger partial charge >= 0.3 is 0 Å². The summed E-state index contributed by atoms with van der Waals surface area (Å²) in [6.45, 7) is 1.54. The van der Waals surface area contributed by atoms with Crippen molar-refractivity contribution in [2.45, 2.75) is 11.8 Å². The molecule has 1 aliphatic heterocycles. The largest absolute Gasteiger partial charge is 0.493 e. The predicted molar refractivity (Wildman–Crippen MR) is 117 cm³/mol. The van der Waals surface area contributed by atoms with Crippen molar-refractivity contribution in [1.29, 1.82) is 0 Å². The fourth-order valence-electron chi connectivity index (χ4n) is 3.32. The Balaban J connectivity index is 1.60. The first kappa shape index (κ1) is 24.1. The molecule has 11 nitrogen and oxygen atoms in total. The number of sulfonamides is 1. The van der Waals surface area contributed by atoms with Crippen molar-refractivity contribution in [2.24, 2.45) is 0 Å². The molecule has 0 unspecified atom stereocenters. The average molecular weight is 477 g/mol. The van der Waals surface area contributed by atoms with E-state index in [-0.39, 0.29) is 55.1 Å². The van der Waals surface area contributed by atoms with Crippen molar-refractivity contribution in [1.82, 2.24) is 9.21 Å². The number of ketones is 1. The number of hydrogen-bond acceptors (Lipinski definition) is 8. The minimum absolute atomic E-state index is 0.0490. The molecule has 0 bridgehead atoms. The number of carbonyl (C=O) groups excluding carboxylic acids is 2. The number of non-ortho nitro benzene ring substituents is 1. The normalized spacial score (nSPS) is 14.5. The number of ether oxygens (including phenoxy) is 2. The van der Waals surface area contributed by atoms with Crippen LogP contribution in [0.5, 0.6) is 11.5 Å². The van der Waals surface area contributed by atoms with Gasteiger partial charge in [-0.1, -0.05) is 6.07 Å². The predicted octanol–water partition coefficient (Wildman–Crippen LogP) is 1.72. The van der Waals surface area contributed by atoms with Crippen LogP contribution < -0.4 is 9.47 Å². The fraction of sp³-hybridized carbons (Fsp3) is 0.333. The van der Waals surface area contributed by atoms with Crippen LogP contribution in [0.4, 0.5) is 5.69 Å². The van der Waals surface area contributed by atoms with Crippen molar-refractivity contribution >= 4 is 27.4 Å².